The van der Waals surface area contributed by atoms with Crippen molar-refractivity contribution in [1.82, 2.24) is 0 Å². The second kappa shape index (κ2) is 6.36. The Hall–Kier alpha value is -2.12. The molecular weight excluding hydrogens is 268 g/mol. The molecule has 0 radical (unpaired) electrons. The topological polar surface area (TPSA) is 52.9 Å². The number of ketones is 1. The summed E-state index contributed by atoms with van der Waals surface area (Å²) in [6.07, 6.45) is 1.04. The summed E-state index contributed by atoms with van der Waals surface area (Å²) in [5.74, 6) is -0.00239. The van der Waals surface area contributed by atoms with Gasteiger partial charge in [0.1, 0.15) is 0 Å². The molecule has 1 heterocycles. The molecule has 0 spiro atoms. The number of nitrogens with zero attached hydrogens (tertiary/aromatic N) is 1. The Kier molecular flexibility index (Phi) is 4.54. The molecule has 0 fully saturated rings. The van der Waals surface area contributed by atoms with Crippen LogP contribution in [-0.2, 0) is 13.0 Å². The quantitative estimate of drug-likeness (QED) is 0.844. The van der Waals surface area contributed by atoms with Gasteiger partial charge in [0.15, 0.2) is 5.78 Å². The molecule has 0 amide bonds. The fourth-order valence-electron chi connectivity index (χ4n) is 1.96. The number of carbonyl (C=O) groups excluding carboxylic acids is 1. The van der Waals surface area contributed by atoms with Gasteiger partial charge in [-0.05, 0) is 43.7 Å². The third-order valence-corrected chi connectivity index (χ3v) is 4.28. The highest BCUT2D eigenvalue weighted by Crippen LogP contribution is 2.22. The van der Waals surface area contributed by atoms with E-state index in [2.05, 4.69) is 30.4 Å². The smallest absolute Gasteiger partial charge is 0.161 e. The predicted molar refractivity (Wildman–Crippen MR) is 82.2 cm³/mol. The van der Waals surface area contributed by atoms with Crippen LogP contribution in [0, 0.1) is 11.3 Å². The summed E-state index contributed by atoms with van der Waals surface area (Å²) >= 11 is 1.76. The number of rotatable bonds is 5. The predicted octanol–water partition coefficient (Wildman–Crippen LogP) is 4.00. The number of benzene rings is 1. The molecule has 2 aromatic rings. The minimum Gasteiger partial charge on any atom is -0.380 e. The van der Waals surface area contributed by atoms with E-state index in [1.807, 2.05) is 0 Å². The van der Waals surface area contributed by atoms with Crippen molar-refractivity contribution in [2.24, 2.45) is 0 Å². The first-order valence-electron chi connectivity index (χ1n) is 6.50. The summed E-state index contributed by atoms with van der Waals surface area (Å²) in [6.45, 7) is 4.33. The molecular formula is C16H16N2OS. The number of hydrogen-bond acceptors (Lipinski definition) is 4. The highest BCUT2D eigenvalue weighted by molar-refractivity contribution is 7.12. The Morgan fingerprint density at radius 3 is 2.65 bits per heavy atom. The molecule has 2 rings (SSSR count). The number of aryl methyl sites for hydroxylation is 1. The van der Waals surface area contributed by atoms with Crippen LogP contribution in [0.15, 0.2) is 30.3 Å². The van der Waals surface area contributed by atoms with Gasteiger partial charge in [-0.15, -0.1) is 11.3 Å². The van der Waals surface area contributed by atoms with Crippen LogP contribution in [0.1, 0.15) is 39.5 Å². The molecule has 0 aliphatic rings. The fraction of sp³-hybridized carbons (Fsp3) is 0.250. The van der Waals surface area contributed by atoms with Crippen molar-refractivity contribution in [3.8, 4) is 6.07 Å². The third kappa shape index (κ3) is 3.25. The van der Waals surface area contributed by atoms with Crippen LogP contribution in [0.3, 0.4) is 0 Å². The van der Waals surface area contributed by atoms with Gasteiger partial charge in [0.2, 0.25) is 0 Å². The van der Waals surface area contributed by atoms with Crippen molar-refractivity contribution in [2.75, 3.05) is 5.32 Å². The first-order valence-corrected chi connectivity index (χ1v) is 7.32. The first-order chi connectivity index (χ1) is 9.63. The Morgan fingerprint density at radius 1 is 1.30 bits per heavy atom. The number of nitriles is 1. The lowest BCUT2D eigenvalue weighted by molar-refractivity contribution is 0.101. The normalized spacial score (nSPS) is 10.1. The second-order valence-electron chi connectivity index (χ2n) is 4.50. The zero-order valence-electron chi connectivity index (χ0n) is 11.6. The molecule has 1 N–H and O–H groups in total. The zero-order chi connectivity index (χ0) is 14.5. The van der Waals surface area contributed by atoms with Crippen LogP contribution in [0.25, 0.3) is 0 Å². The van der Waals surface area contributed by atoms with Crippen LogP contribution >= 0.6 is 11.3 Å². The van der Waals surface area contributed by atoms with Gasteiger partial charge >= 0.3 is 0 Å². The fourth-order valence-corrected chi connectivity index (χ4v) is 2.85. The van der Waals surface area contributed by atoms with E-state index in [-0.39, 0.29) is 5.78 Å². The molecule has 0 saturated carbocycles. The Balaban J connectivity index is 2.19. The summed E-state index contributed by atoms with van der Waals surface area (Å²) < 4.78 is 0. The third-order valence-electron chi connectivity index (χ3n) is 3.05. The van der Waals surface area contributed by atoms with Crippen LogP contribution in [-0.4, -0.2) is 5.78 Å². The monoisotopic (exact) mass is 284 g/mol. The van der Waals surface area contributed by atoms with E-state index in [1.165, 1.54) is 16.7 Å². The van der Waals surface area contributed by atoms with Crippen LogP contribution in [0.4, 0.5) is 5.69 Å². The van der Waals surface area contributed by atoms with Gasteiger partial charge in [-0.25, -0.2) is 0 Å². The maximum absolute atomic E-state index is 11.6. The van der Waals surface area contributed by atoms with Crippen LogP contribution in [0.2, 0.25) is 0 Å². The van der Waals surface area contributed by atoms with Gasteiger partial charge in [0, 0.05) is 27.5 Å². The lowest BCUT2D eigenvalue weighted by Crippen LogP contribution is -2.04. The maximum Gasteiger partial charge on any atom is 0.161 e. The van der Waals surface area contributed by atoms with Crippen molar-refractivity contribution < 1.29 is 4.79 Å². The number of nitrogens with one attached hydrogen (secondary N) is 1. The number of thiophene rings is 1. The average molecular weight is 284 g/mol. The summed E-state index contributed by atoms with van der Waals surface area (Å²) in [6, 6.07) is 11.4. The van der Waals surface area contributed by atoms with E-state index in [4.69, 9.17) is 5.26 Å². The van der Waals surface area contributed by atoms with E-state index in [0.29, 0.717) is 17.7 Å². The molecule has 0 aliphatic carbocycles. The maximum atomic E-state index is 11.6. The summed E-state index contributed by atoms with van der Waals surface area (Å²) in [5.41, 5.74) is 1.90. The zero-order valence-corrected chi connectivity index (χ0v) is 12.4. The Morgan fingerprint density at radius 2 is 2.05 bits per heavy atom. The van der Waals surface area contributed by atoms with Crippen molar-refractivity contribution in [3.05, 3.63) is 51.2 Å². The molecule has 0 unspecified atom stereocenters. The SMILES string of the molecule is CCc1ccc(CNc2cc(C#N)ccc2C(C)=O)s1. The number of carbonyl (C=O) groups is 1. The Bertz CT molecular complexity index is 667. The largest absolute Gasteiger partial charge is 0.380 e. The molecule has 4 heteroatoms. The van der Waals surface area contributed by atoms with Gasteiger partial charge in [0.25, 0.3) is 0 Å². The Labute approximate surface area is 122 Å². The van der Waals surface area contributed by atoms with Gasteiger partial charge in [-0.3, -0.25) is 4.79 Å². The average Bonchev–Trinajstić information content (AvgIpc) is 2.92. The van der Waals surface area contributed by atoms with Gasteiger partial charge in [0.05, 0.1) is 11.6 Å². The van der Waals surface area contributed by atoms with E-state index in [1.54, 1.807) is 29.5 Å². The summed E-state index contributed by atoms with van der Waals surface area (Å²) in [7, 11) is 0. The van der Waals surface area contributed by atoms with Crippen molar-refractivity contribution >= 4 is 22.8 Å². The summed E-state index contributed by atoms with van der Waals surface area (Å²) in [4.78, 5) is 14.2. The van der Waals surface area contributed by atoms with E-state index in [9.17, 15) is 4.79 Å². The highest BCUT2D eigenvalue weighted by Gasteiger charge is 2.08. The van der Waals surface area contributed by atoms with Crippen molar-refractivity contribution in [1.29, 1.82) is 5.26 Å². The summed E-state index contributed by atoms with van der Waals surface area (Å²) in [5, 5.41) is 12.2. The lowest BCUT2D eigenvalue weighted by atomic mass is 10.1. The molecule has 0 saturated heterocycles. The molecule has 3 nitrogen and oxygen atoms in total. The minimum atomic E-state index is -0.00239. The van der Waals surface area contributed by atoms with Gasteiger partial charge < -0.3 is 5.32 Å². The number of Topliss-reactive ketones (excluding diaryl/α,β-unsaturated/α-hetero) is 1. The molecule has 20 heavy (non-hydrogen) atoms. The molecule has 0 bridgehead atoms. The second-order valence-corrected chi connectivity index (χ2v) is 5.76. The van der Waals surface area contributed by atoms with Crippen molar-refractivity contribution in [2.45, 2.75) is 26.8 Å². The lowest BCUT2D eigenvalue weighted by Gasteiger charge is -2.09. The van der Waals surface area contributed by atoms with Gasteiger partial charge in [-0.1, -0.05) is 6.92 Å². The van der Waals surface area contributed by atoms with Crippen LogP contribution < -0.4 is 5.32 Å². The minimum absolute atomic E-state index is 0.00239. The van der Waals surface area contributed by atoms with E-state index >= 15 is 0 Å². The molecule has 0 atom stereocenters. The standard InChI is InChI=1S/C16H16N2OS/c1-3-13-5-6-14(20-13)10-18-16-8-12(9-17)4-7-15(16)11(2)19/h4-8,18H,3,10H2,1-2H3. The van der Waals surface area contributed by atoms with Gasteiger partial charge in [-0.2, -0.15) is 5.26 Å². The highest BCUT2D eigenvalue weighted by atomic mass is 32.1. The first kappa shape index (κ1) is 14.3. The molecule has 102 valence electrons. The van der Waals surface area contributed by atoms with Crippen LogP contribution in [0.5, 0.6) is 0 Å². The molecule has 0 aliphatic heterocycles. The van der Waals surface area contributed by atoms with E-state index in [0.717, 1.165) is 12.1 Å². The molecule has 1 aromatic carbocycles. The van der Waals surface area contributed by atoms with Crippen molar-refractivity contribution in [3.63, 3.8) is 0 Å². The number of hydrogen-bond donors (Lipinski definition) is 1. The van der Waals surface area contributed by atoms with E-state index < -0.39 is 0 Å². The molecule has 1 aromatic heterocycles. The number of anilines is 1.